The molecule has 0 saturated heterocycles. The second-order valence-electron chi connectivity index (χ2n) is 5.37. The second kappa shape index (κ2) is 12.9. The van der Waals surface area contributed by atoms with Crippen LogP contribution in [0.2, 0.25) is 0 Å². The summed E-state index contributed by atoms with van der Waals surface area (Å²) in [7, 11) is 0. The first-order valence-electron chi connectivity index (χ1n) is 8.00. The molecular formula is C16H30O4. The molecule has 0 aliphatic carbocycles. The van der Waals surface area contributed by atoms with Gasteiger partial charge in [-0.05, 0) is 12.8 Å². The van der Waals surface area contributed by atoms with E-state index in [1.807, 2.05) is 0 Å². The quantitative estimate of drug-likeness (QED) is 0.407. The Balaban J connectivity index is 3.97. The van der Waals surface area contributed by atoms with Gasteiger partial charge in [0.15, 0.2) is 0 Å². The number of ether oxygens (including phenoxy) is 1. The molecule has 0 aromatic heterocycles. The minimum atomic E-state index is -0.923. The Labute approximate surface area is 122 Å². The van der Waals surface area contributed by atoms with Crippen LogP contribution in [0.3, 0.4) is 0 Å². The van der Waals surface area contributed by atoms with Gasteiger partial charge in [0.1, 0.15) is 0 Å². The lowest BCUT2D eigenvalue weighted by Crippen LogP contribution is -2.21. The van der Waals surface area contributed by atoms with Crippen molar-refractivity contribution in [1.82, 2.24) is 0 Å². The number of hydrogen-bond donors (Lipinski definition) is 1. The first kappa shape index (κ1) is 18.9. The molecule has 0 aliphatic heterocycles. The number of carbonyl (C=O) groups is 2. The van der Waals surface area contributed by atoms with Crippen LogP contribution in [0.5, 0.6) is 0 Å². The average Bonchev–Trinajstić information content (AvgIpc) is 2.41. The van der Waals surface area contributed by atoms with Gasteiger partial charge in [-0.2, -0.15) is 0 Å². The Morgan fingerprint density at radius 1 is 0.950 bits per heavy atom. The Hall–Kier alpha value is -1.06. The molecule has 0 saturated carbocycles. The van der Waals surface area contributed by atoms with Crippen molar-refractivity contribution in [3.63, 3.8) is 0 Å². The van der Waals surface area contributed by atoms with E-state index in [0.717, 1.165) is 51.4 Å². The molecule has 118 valence electrons. The van der Waals surface area contributed by atoms with E-state index >= 15 is 0 Å². The maximum Gasteiger partial charge on any atom is 0.309 e. The van der Waals surface area contributed by atoms with Gasteiger partial charge in [-0.3, -0.25) is 9.59 Å². The fourth-order valence-corrected chi connectivity index (χ4v) is 2.15. The molecule has 0 aromatic rings. The standard InChI is InChI=1S/C16H30O4/c1-3-5-7-9-11-14(13-15(17)18)16(19)20-12-10-8-6-4-2/h14H,3-13H2,1-2H3,(H,17,18). The van der Waals surface area contributed by atoms with E-state index in [0.29, 0.717) is 13.0 Å². The summed E-state index contributed by atoms with van der Waals surface area (Å²) in [5, 5.41) is 8.87. The first-order chi connectivity index (χ1) is 9.61. The molecular weight excluding hydrogens is 256 g/mol. The summed E-state index contributed by atoms with van der Waals surface area (Å²) in [6, 6.07) is 0. The largest absolute Gasteiger partial charge is 0.481 e. The summed E-state index contributed by atoms with van der Waals surface area (Å²) in [4.78, 5) is 22.7. The van der Waals surface area contributed by atoms with Gasteiger partial charge in [0.2, 0.25) is 0 Å². The number of esters is 1. The molecule has 1 unspecified atom stereocenters. The molecule has 0 amide bonds. The molecule has 0 bridgehead atoms. The predicted octanol–water partition coefficient (Wildman–Crippen LogP) is 4.17. The number of carboxylic acid groups (broad SMARTS) is 1. The normalized spacial score (nSPS) is 12.1. The van der Waals surface area contributed by atoms with E-state index < -0.39 is 11.9 Å². The van der Waals surface area contributed by atoms with E-state index in [4.69, 9.17) is 9.84 Å². The van der Waals surface area contributed by atoms with Crippen molar-refractivity contribution in [1.29, 1.82) is 0 Å². The lowest BCUT2D eigenvalue weighted by molar-refractivity contribution is -0.153. The number of carbonyl (C=O) groups excluding carboxylic acids is 1. The molecule has 4 nitrogen and oxygen atoms in total. The van der Waals surface area contributed by atoms with Gasteiger partial charge in [0, 0.05) is 0 Å². The van der Waals surface area contributed by atoms with E-state index in [2.05, 4.69) is 13.8 Å². The first-order valence-corrected chi connectivity index (χ1v) is 8.00. The van der Waals surface area contributed by atoms with Crippen molar-refractivity contribution in [2.75, 3.05) is 6.61 Å². The fourth-order valence-electron chi connectivity index (χ4n) is 2.15. The van der Waals surface area contributed by atoms with Crippen LogP contribution in [0.15, 0.2) is 0 Å². The highest BCUT2D eigenvalue weighted by Gasteiger charge is 2.22. The lowest BCUT2D eigenvalue weighted by atomic mass is 9.97. The van der Waals surface area contributed by atoms with Crippen LogP contribution < -0.4 is 0 Å². The smallest absolute Gasteiger partial charge is 0.309 e. The zero-order valence-electron chi connectivity index (χ0n) is 13.0. The van der Waals surface area contributed by atoms with Crippen LogP contribution in [0, 0.1) is 5.92 Å². The molecule has 0 heterocycles. The Bertz CT molecular complexity index is 263. The fraction of sp³-hybridized carbons (Fsp3) is 0.875. The summed E-state index contributed by atoms with van der Waals surface area (Å²) >= 11 is 0. The molecule has 1 atom stereocenters. The predicted molar refractivity (Wildman–Crippen MR) is 79.6 cm³/mol. The number of carboxylic acids is 1. The van der Waals surface area contributed by atoms with E-state index in [9.17, 15) is 9.59 Å². The highest BCUT2D eigenvalue weighted by molar-refractivity contribution is 5.79. The SMILES string of the molecule is CCCCCCOC(=O)C(CCCCCC)CC(=O)O. The molecule has 0 aliphatic rings. The number of rotatable bonds is 13. The van der Waals surface area contributed by atoms with E-state index in [-0.39, 0.29) is 12.4 Å². The van der Waals surface area contributed by atoms with Crippen molar-refractivity contribution in [2.45, 2.75) is 78.1 Å². The molecule has 0 rings (SSSR count). The van der Waals surface area contributed by atoms with Gasteiger partial charge in [-0.25, -0.2) is 0 Å². The van der Waals surface area contributed by atoms with Gasteiger partial charge in [-0.1, -0.05) is 58.8 Å². The molecule has 0 radical (unpaired) electrons. The van der Waals surface area contributed by atoms with Crippen molar-refractivity contribution in [2.24, 2.45) is 5.92 Å². The third-order valence-corrected chi connectivity index (χ3v) is 3.40. The monoisotopic (exact) mass is 286 g/mol. The topological polar surface area (TPSA) is 63.6 Å². The summed E-state index contributed by atoms with van der Waals surface area (Å²) in [5.41, 5.74) is 0. The molecule has 20 heavy (non-hydrogen) atoms. The summed E-state index contributed by atoms with van der Waals surface area (Å²) in [6.45, 7) is 4.68. The maximum absolute atomic E-state index is 11.9. The van der Waals surface area contributed by atoms with Crippen molar-refractivity contribution < 1.29 is 19.4 Å². The third kappa shape index (κ3) is 10.8. The van der Waals surface area contributed by atoms with Crippen LogP contribution in [0.25, 0.3) is 0 Å². The van der Waals surface area contributed by atoms with Gasteiger partial charge in [0.25, 0.3) is 0 Å². The zero-order valence-corrected chi connectivity index (χ0v) is 13.0. The van der Waals surface area contributed by atoms with Crippen molar-refractivity contribution >= 4 is 11.9 Å². The van der Waals surface area contributed by atoms with Crippen LogP contribution in [0.1, 0.15) is 78.1 Å². The number of unbranched alkanes of at least 4 members (excludes halogenated alkanes) is 6. The summed E-state index contributed by atoms with van der Waals surface area (Å²) in [5.74, 6) is -1.73. The minimum Gasteiger partial charge on any atom is -0.481 e. The van der Waals surface area contributed by atoms with Crippen LogP contribution in [0.4, 0.5) is 0 Å². The third-order valence-electron chi connectivity index (χ3n) is 3.40. The molecule has 4 heteroatoms. The average molecular weight is 286 g/mol. The van der Waals surface area contributed by atoms with E-state index in [1.54, 1.807) is 0 Å². The van der Waals surface area contributed by atoms with Crippen LogP contribution in [-0.4, -0.2) is 23.7 Å². The molecule has 0 fully saturated rings. The van der Waals surface area contributed by atoms with Crippen molar-refractivity contribution in [3.05, 3.63) is 0 Å². The maximum atomic E-state index is 11.9. The summed E-state index contributed by atoms with van der Waals surface area (Å²) in [6.07, 6.45) is 8.95. The van der Waals surface area contributed by atoms with E-state index in [1.165, 1.54) is 0 Å². The number of hydrogen-bond acceptors (Lipinski definition) is 3. The van der Waals surface area contributed by atoms with Gasteiger partial charge < -0.3 is 9.84 Å². The van der Waals surface area contributed by atoms with Crippen LogP contribution >= 0.6 is 0 Å². The van der Waals surface area contributed by atoms with Gasteiger partial charge in [0.05, 0.1) is 18.9 Å². The molecule has 1 N–H and O–H groups in total. The summed E-state index contributed by atoms with van der Waals surface area (Å²) < 4.78 is 5.21. The Kier molecular flexibility index (Phi) is 12.3. The Morgan fingerprint density at radius 3 is 2.10 bits per heavy atom. The van der Waals surface area contributed by atoms with Gasteiger partial charge in [-0.15, -0.1) is 0 Å². The number of aliphatic carboxylic acids is 1. The molecule has 0 aromatic carbocycles. The Morgan fingerprint density at radius 2 is 1.55 bits per heavy atom. The lowest BCUT2D eigenvalue weighted by Gasteiger charge is -2.14. The van der Waals surface area contributed by atoms with Crippen LogP contribution in [-0.2, 0) is 14.3 Å². The highest BCUT2D eigenvalue weighted by atomic mass is 16.5. The zero-order chi connectivity index (χ0) is 15.2. The minimum absolute atomic E-state index is 0.111. The second-order valence-corrected chi connectivity index (χ2v) is 5.37. The molecule has 0 spiro atoms. The van der Waals surface area contributed by atoms with Gasteiger partial charge >= 0.3 is 11.9 Å². The van der Waals surface area contributed by atoms with Crippen molar-refractivity contribution in [3.8, 4) is 0 Å². The highest BCUT2D eigenvalue weighted by Crippen LogP contribution is 2.17.